The number of imidazole rings is 1. The van der Waals surface area contributed by atoms with E-state index in [2.05, 4.69) is 20.6 Å². The Kier molecular flexibility index (Phi) is 8.34. The number of ether oxygens (including phenoxy) is 3. The maximum absolute atomic E-state index is 13.2. The van der Waals surface area contributed by atoms with E-state index in [9.17, 15) is 9.59 Å². The summed E-state index contributed by atoms with van der Waals surface area (Å²) < 4.78 is 17.1. The Balaban J connectivity index is 1.83. The summed E-state index contributed by atoms with van der Waals surface area (Å²) in [4.78, 5) is 33.6. The quantitative estimate of drug-likeness (QED) is 0.389. The van der Waals surface area contributed by atoms with Crippen molar-refractivity contribution in [3.63, 3.8) is 0 Å². The van der Waals surface area contributed by atoms with E-state index in [1.54, 1.807) is 12.1 Å². The van der Waals surface area contributed by atoms with Crippen molar-refractivity contribution in [1.82, 2.24) is 15.3 Å². The Labute approximate surface area is 199 Å². The molecule has 0 bridgehead atoms. The van der Waals surface area contributed by atoms with Crippen molar-refractivity contribution < 1.29 is 23.8 Å². The third-order valence-electron chi connectivity index (χ3n) is 5.04. The highest BCUT2D eigenvalue weighted by Gasteiger charge is 2.27. The van der Waals surface area contributed by atoms with Crippen LogP contribution >= 0.6 is 0 Å². The predicted molar refractivity (Wildman–Crippen MR) is 131 cm³/mol. The summed E-state index contributed by atoms with van der Waals surface area (Å²) in [6.45, 7) is 10.5. The smallest absolute Gasteiger partial charge is 0.252 e. The normalized spacial score (nSPS) is 11.8. The highest BCUT2D eigenvalue weighted by atomic mass is 16.5. The minimum absolute atomic E-state index is 0.172. The Morgan fingerprint density at radius 2 is 1.59 bits per heavy atom. The number of benzene rings is 2. The second-order valence-corrected chi connectivity index (χ2v) is 7.89. The van der Waals surface area contributed by atoms with Gasteiger partial charge in [0.15, 0.2) is 11.5 Å². The van der Waals surface area contributed by atoms with E-state index in [4.69, 9.17) is 14.2 Å². The molecule has 9 nitrogen and oxygen atoms in total. The molecule has 0 aliphatic rings. The van der Waals surface area contributed by atoms with E-state index in [0.717, 1.165) is 11.0 Å². The van der Waals surface area contributed by atoms with Crippen LogP contribution in [0.4, 0.5) is 5.95 Å². The van der Waals surface area contributed by atoms with E-state index in [-0.39, 0.29) is 11.8 Å². The van der Waals surface area contributed by atoms with E-state index >= 15 is 0 Å². The molecule has 3 N–H and O–H groups in total. The van der Waals surface area contributed by atoms with Crippen LogP contribution in [0.25, 0.3) is 11.0 Å². The molecule has 3 aromatic rings. The molecule has 2 amide bonds. The fourth-order valence-corrected chi connectivity index (χ4v) is 3.49. The summed E-state index contributed by atoms with van der Waals surface area (Å²) in [5, 5.41) is 5.60. The SMILES string of the molecule is CCOc1cc(C(=O)N[C@@H](C(=O)Nc2nc3ccccc3[nH]2)C(C)C)cc(OCC)c1OCC. The molecule has 0 aliphatic carbocycles. The first-order chi connectivity index (χ1) is 16.4. The van der Waals surface area contributed by atoms with Crippen molar-refractivity contribution in [2.45, 2.75) is 40.7 Å². The topological polar surface area (TPSA) is 115 Å². The Morgan fingerprint density at radius 1 is 0.971 bits per heavy atom. The number of para-hydroxylation sites is 2. The van der Waals surface area contributed by atoms with Crippen molar-refractivity contribution in [3.8, 4) is 17.2 Å². The standard InChI is InChI=1S/C25H32N4O5/c1-6-32-19-13-16(14-20(33-7-2)22(19)34-8-3)23(30)28-21(15(4)5)24(31)29-25-26-17-11-9-10-12-18(17)27-25/h9-15,21H,6-8H2,1-5H3,(H,28,30)(H2,26,27,29,31)/t21-/m1/s1. The van der Waals surface area contributed by atoms with E-state index in [1.165, 1.54) is 0 Å². The summed E-state index contributed by atoms with van der Waals surface area (Å²) >= 11 is 0. The summed E-state index contributed by atoms with van der Waals surface area (Å²) in [5.74, 6) is 0.623. The van der Waals surface area contributed by atoms with Crippen LogP contribution in [0.1, 0.15) is 45.0 Å². The van der Waals surface area contributed by atoms with Crippen LogP contribution in [0.2, 0.25) is 0 Å². The minimum Gasteiger partial charge on any atom is -0.490 e. The molecule has 182 valence electrons. The second-order valence-electron chi connectivity index (χ2n) is 7.89. The molecule has 34 heavy (non-hydrogen) atoms. The fraction of sp³-hybridized carbons (Fsp3) is 0.400. The molecule has 1 aromatic heterocycles. The van der Waals surface area contributed by atoms with Gasteiger partial charge in [0.1, 0.15) is 6.04 Å². The van der Waals surface area contributed by atoms with Crippen LogP contribution in [-0.4, -0.2) is 47.6 Å². The number of carbonyl (C=O) groups excluding carboxylic acids is 2. The number of nitrogens with zero attached hydrogens (tertiary/aromatic N) is 1. The average Bonchev–Trinajstić information content (AvgIpc) is 3.21. The van der Waals surface area contributed by atoms with Crippen LogP contribution in [-0.2, 0) is 4.79 Å². The molecule has 0 unspecified atom stereocenters. The van der Waals surface area contributed by atoms with Crippen LogP contribution in [0, 0.1) is 5.92 Å². The monoisotopic (exact) mass is 468 g/mol. The maximum Gasteiger partial charge on any atom is 0.252 e. The first-order valence-corrected chi connectivity index (χ1v) is 11.5. The summed E-state index contributed by atoms with van der Waals surface area (Å²) in [5.41, 5.74) is 1.85. The number of carbonyl (C=O) groups is 2. The fourth-order valence-electron chi connectivity index (χ4n) is 3.49. The third kappa shape index (κ3) is 5.78. The molecule has 0 saturated carbocycles. The van der Waals surface area contributed by atoms with Gasteiger partial charge >= 0.3 is 0 Å². The van der Waals surface area contributed by atoms with Crippen LogP contribution in [0.15, 0.2) is 36.4 Å². The van der Waals surface area contributed by atoms with E-state index in [1.807, 2.05) is 58.9 Å². The number of fused-ring (bicyclic) bond motifs is 1. The molecular formula is C25H32N4O5. The number of amides is 2. The van der Waals surface area contributed by atoms with Gasteiger partial charge in [0.25, 0.3) is 5.91 Å². The van der Waals surface area contributed by atoms with Gasteiger partial charge in [-0.15, -0.1) is 0 Å². The number of nitrogens with one attached hydrogen (secondary N) is 3. The minimum atomic E-state index is -0.793. The molecule has 0 spiro atoms. The number of anilines is 1. The number of aromatic nitrogens is 2. The zero-order valence-electron chi connectivity index (χ0n) is 20.2. The van der Waals surface area contributed by atoms with Gasteiger partial charge in [0.2, 0.25) is 17.6 Å². The van der Waals surface area contributed by atoms with Gasteiger partial charge in [-0.2, -0.15) is 0 Å². The Hall–Kier alpha value is -3.75. The summed E-state index contributed by atoms with van der Waals surface area (Å²) in [6, 6.07) is 9.88. The van der Waals surface area contributed by atoms with Crippen LogP contribution in [0.3, 0.4) is 0 Å². The number of aromatic amines is 1. The maximum atomic E-state index is 13.2. The molecular weight excluding hydrogens is 436 g/mol. The molecule has 9 heteroatoms. The highest BCUT2D eigenvalue weighted by Crippen LogP contribution is 2.39. The number of hydrogen-bond acceptors (Lipinski definition) is 6. The average molecular weight is 469 g/mol. The van der Waals surface area contributed by atoms with Crippen molar-refractivity contribution >= 4 is 28.8 Å². The van der Waals surface area contributed by atoms with Gasteiger partial charge in [-0.25, -0.2) is 4.98 Å². The summed E-state index contributed by atoms with van der Waals surface area (Å²) in [7, 11) is 0. The molecule has 0 radical (unpaired) electrons. The molecule has 0 fully saturated rings. The Morgan fingerprint density at radius 3 is 2.15 bits per heavy atom. The summed E-state index contributed by atoms with van der Waals surface area (Å²) in [6.07, 6.45) is 0. The van der Waals surface area contributed by atoms with Crippen molar-refractivity contribution in [2.75, 3.05) is 25.1 Å². The van der Waals surface area contributed by atoms with Gasteiger partial charge in [-0.05, 0) is 51.0 Å². The largest absolute Gasteiger partial charge is 0.490 e. The number of rotatable bonds is 11. The molecule has 2 aromatic carbocycles. The zero-order chi connectivity index (χ0) is 24.7. The lowest BCUT2D eigenvalue weighted by atomic mass is 10.0. The molecule has 1 atom stereocenters. The molecule has 1 heterocycles. The van der Waals surface area contributed by atoms with Crippen molar-refractivity contribution in [2.24, 2.45) is 5.92 Å². The van der Waals surface area contributed by atoms with Gasteiger partial charge < -0.3 is 24.5 Å². The lowest BCUT2D eigenvalue weighted by Crippen LogP contribution is -2.47. The molecule has 0 aliphatic heterocycles. The predicted octanol–water partition coefficient (Wildman–Crippen LogP) is 4.15. The third-order valence-corrected chi connectivity index (χ3v) is 5.04. The van der Waals surface area contributed by atoms with Gasteiger partial charge in [0.05, 0.1) is 30.9 Å². The first kappa shape index (κ1) is 24.9. The van der Waals surface area contributed by atoms with Crippen molar-refractivity contribution in [3.05, 3.63) is 42.0 Å². The first-order valence-electron chi connectivity index (χ1n) is 11.5. The van der Waals surface area contributed by atoms with Crippen LogP contribution < -0.4 is 24.8 Å². The molecule has 3 rings (SSSR count). The van der Waals surface area contributed by atoms with Gasteiger partial charge in [0, 0.05) is 5.56 Å². The van der Waals surface area contributed by atoms with Crippen LogP contribution in [0.5, 0.6) is 17.2 Å². The van der Waals surface area contributed by atoms with Gasteiger partial charge in [-0.3, -0.25) is 14.9 Å². The zero-order valence-corrected chi connectivity index (χ0v) is 20.2. The van der Waals surface area contributed by atoms with E-state index < -0.39 is 11.9 Å². The Bertz CT molecular complexity index is 1080. The highest BCUT2D eigenvalue weighted by molar-refractivity contribution is 6.01. The lowest BCUT2D eigenvalue weighted by molar-refractivity contribution is -0.118. The molecule has 0 saturated heterocycles. The van der Waals surface area contributed by atoms with Gasteiger partial charge in [-0.1, -0.05) is 26.0 Å². The van der Waals surface area contributed by atoms with Crippen molar-refractivity contribution in [1.29, 1.82) is 0 Å². The van der Waals surface area contributed by atoms with E-state index in [0.29, 0.717) is 48.6 Å². The lowest BCUT2D eigenvalue weighted by Gasteiger charge is -2.22. The number of H-pyrrole nitrogens is 1. The number of hydrogen-bond donors (Lipinski definition) is 3. The second kappa shape index (κ2) is 11.4.